The van der Waals surface area contributed by atoms with Gasteiger partial charge in [0.25, 0.3) is 0 Å². The zero-order chi connectivity index (χ0) is 17.3. The van der Waals surface area contributed by atoms with Crippen molar-refractivity contribution < 1.29 is 4.79 Å². The van der Waals surface area contributed by atoms with Crippen molar-refractivity contribution >= 4 is 22.9 Å². The summed E-state index contributed by atoms with van der Waals surface area (Å²) in [7, 11) is 2.00. The van der Waals surface area contributed by atoms with E-state index in [-0.39, 0.29) is 11.9 Å². The highest BCUT2D eigenvalue weighted by molar-refractivity contribution is 5.83. The summed E-state index contributed by atoms with van der Waals surface area (Å²) in [4.78, 5) is 27.3. The molecule has 1 unspecified atom stereocenters. The number of imidazole rings is 1. The number of carbonyl (C=O) groups is 1. The highest BCUT2D eigenvalue weighted by atomic mass is 16.2. The van der Waals surface area contributed by atoms with E-state index in [1.165, 1.54) is 0 Å². The molecule has 0 aliphatic carbocycles. The minimum atomic E-state index is 0.212. The number of carbonyl (C=O) groups excluding carboxylic acids is 1. The molecule has 1 amide bonds. The fourth-order valence-corrected chi connectivity index (χ4v) is 3.22. The lowest BCUT2D eigenvalue weighted by Crippen LogP contribution is -2.31. The molecule has 7 heteroatoms. The first kappa shape index (κ1) is 16.7. The molecule has 2 aromatic heterocycles. The molecular formula is C17H26N6O. The van der Waals surface area contributed by atoms with Gasteiger partial charge in [-0.25, -0.2) is 15.0 Å². The summed E-state index contributed by atoms with van der Waals surface area (Å²) in [6.45, 7) is 7.80. The molecule has 24 heavy (non-hydrogen) atoms. The third-order valence-electron chi connectivity index (χ3n) is 4.52. The van der Waals surface area contributed by atoms with Crippen LogP contribution in [0.5, 0.6) is 0 Å². The number of nitrogens with one attached hydrogen (secondary N) is 1. The molecule has 0 bridgehead atoms. The van der Waals surface area contributed by atoms with Crippen LogP contribution in [0.25, 0.3) is 11.2 Å². The Morgan fingerprint density at radius 2 is 2.21 bits per heavy atom. The first-order chi connectivity index (χ1) is 11.5. The Labute approximate surface area is 142 Å². The van der Waals surface area contributed by atoms with E-state index in [4.69, 9.17) is 4.98 Å². The molecule has 3 heterocycles. The molecule has 1 aliphatic heterocycles. The zero-order valence-electron chi connectivity index (χ0n) is 14.9. The van der Waals surface area contributed by atoms with E-state index in [1.807, 2.05) is 23.4 Å². The maximum Gasteiger partial charge on any atom is 0.222 e. The Hall–Kier alpha value is -2.18. The molecule has 3 rings (SSSR count). The first-order valence-electron chi connectivity index (χ1n) is 8.70. The molecular weight excluding hydrogens is 304 g/mol. The number of nitrogens with zero attached hydrogens (tertiary/aromatic N) is 5. The normalized spacial score (nSPS) is 17.9. The van der Waals surface area contributed by atoms with Gasteiger partial charge in [0.2, 0.25) is 5.91 Å². The van der Waals surface area contributed by atoms with E-state index in [1.54, 1.807) is 6.33 Å². The van der Waals surface area contributed by atoms with Gasteiger partial charge in [0.15, 0.2) is 17.0 Å². The third-order valence-corrected chi connectivity index (χ3v) is 4.52. The van der Waals surface area contributed by atoms with Gasteiger partial charge in [0.05, 0.1) is 0 Å². The van der Waals surface area contributed by atoms with E-state index in [0.717, 1.165) is 48.7 Å². The number of amides is 1. The monoisotopic (exact) mass is 330 g/mol. The maximum absolute atomic E-state index is 11.8. The van der Waals surface area contributed by atoms with Gasteiger partial charge in [-0.05, 0) is 12.3 Å². The summed E-state index contributed by atoms with van der Waals surface area (Å²) < 4.78 is 2.05. The fourth-order valence-electron chi connectivity index (χ4n) is 3.22. The number of rotatable bonds is 5. The van der Waals surface area contributed by atoms with Gasteiger partial charge < -0.3 is 14.8 Å². The molecule has 130 valence electrons. The fraction of sp³-hybridized carbons (Fsp3) is 0.647. The van der Waals surface area contributed by atoms with E-state index in [0.29, 0.717) is 12.3 Å². The molecule has 0 spiro atoms. The summed E-state index contributed by atoms with van der Waals surface area (Å²) in [5, 5.41) is 3.47. The van der Waals surface area contributed by atoms with Crippen molar-refractivity contribution in [3.05, 3.63) is 12.2 Å². The number of aromatic nitrogens is 4. The van der Waals surface area contributed by atoms with Crippen molar-refractivity contribution in [2.75, 3.05) is 18.4 Å². The van der Waals surface area contributed by atoms with Crippen molar-refractivity contribution in [1.29, 1.82) is 0 Å². The number of fused-ring (bicyclic) bond motifs is 1. The van der Waals surface area contributed by atoms with Crippen LogP contribution >= 0.6 is 0 Å². The smallest absolute Gasteiger partial charge is 0.222 e. The SMILES string of the molecule is CCC(=O)N1CCC(Nc2ncnc3c2nc(CC(C)C)n3C)C1. The number of aryl methyl sites for hydroxylation is 1. The lowest BCUT2D eigenvalue weighted by atomic mass is 10.1. The van der Waals surface area contributed by atoms with Crippen LogP contribution in [0.15, 0.2) is 6.33 Å². The van der Waals surface area contributed by atoms with Crippen LogP contribution in [-0.2, 0) is 18.3 Å². The largest absolute Gasteiger partial charge is 0.364 e. The van der Waals surface area contributed by atoms with Crippen molar-refractivity contribution in [3.63, 3.8) is 0 Å². The van der Waals surface area contributed by atoms with Gasteiger partial charge in [0, 0.05) is 39.0 Å². The van der Waals surface area contributed by atoms with Gasteiger partial charge in [-0.3, -0.25) is 4.79 Å². The van der Waals surface area contributed by atoms with E-state index in [9.17, 15) is 4.79 Å². The number of hydrogen-bond acceptors (Lipinski definition) is 5. The van der Waals surface area contributed by atoms with Gasteiger partial charge in [0.1, 0.15) is 12.2 Å². The Bertz CT molecular complexity index is 738. The van der Waals surface area contributed by atoms with E-state index in [2.05, 4.69) is 29.1 Å². The lowest BCUT2D eigenvalue weighted by molar-refractivity contribution is -0.129. The minimum Gasteiger partial charge on any atom is -0.364 e. The Morgan fingerprint density at radius 1 is 1.42 bits per heavy atom. The summed E-state index contributed by atoms with van der Waals surface area (Å²) in [6.07, 6.45) is 3.98. The van der Waals surface area contributed by atoms with Crippen LogP contribution in [0.1, 0.15) is 39.4 Å². The van der Waals surface area contributed by atoms with Crippen molar-refractivity contribution in [2.45, 2.75) is 46.1 Å². The van der Waals surface area contributed by atoms with E-state index >= 15 is 0 Å². The average Bonchev–Trinajstić information content (AvgIpc) is 3.13. The second kappa shape index (κ2) is 6.75. The summed E-state index contributed by atoms with van der Waals surface area (Å²) in [6, 6.07) is 0.217. The van der Waals surface area contributed by atoms with Crippen molar-refractivity contribution in [2.24, 2.45) is 13.0 Å². The molecule has 2 aromatic rings. The molecule has 0 aromatic carbocycles. The second-order valence-corrected chi connectivity index (χ2v) is 6.90. The van der Waals surface area contributed by atoms with Crippen molar-refractivity contribution in [1.82, 2.24) is 24.4 Å². The topological polar surface area (TPSA) is 75.9 Å². The molecule has 1 N–H and O–H groups in total. The van der Waals surface area contributed by atoms with Crippen LogP contribution in [0.4, 0.5) is 5.82 Å². The summed E-state index contributed by atoms with van der Waals surface area (Å²) in [5.41, 5.74) is 1.67. The van der Waals surface area contributed by atoms with Gasteiger partial charge in [-0.2, -0.15) is 0 Å². The van der Waals surface area contributed by atoms with Crippen molar-refractivity contribution in [3.8, 4) is 0 Å². The quantitative estimate of drug-likeness (QED) is 0.907. The molecule has 1 saturated heterocycles. The van der Waals surface area contributed by atoms with Crippen LogP contribution in [-0.4, -0.2) is 49.5 Å². The van der Waals surface area contributed by atoms with Crippen LogP contribution in [0, 0.1) is 5.92 Å². The minimum absolute atomic E-state index is 0.212. The average molecular weight is 330 g/mol. The molecule has 1 atom stereocenters. The van der Waals surface area contributed by atoms with Crippen LogP contribution < -0.4 is 5.32 Å². The Morgan fingerprint density at radius 3 is 2.92 bits per heavy atom. The maximum atomic E-state index is 11.8. The Balaban J connectivity index is 1.81. The molecule has 0 radical (unpaired) electrons. The second-order valence-electron chi connectivity index (χ2n) is 6.90. The summed E-state index contributed by atoms with van der Waals surface area (Å²) in [5.74, 6) is 2.54. The predicted molar refractivity (Wildman–Crippen MR) is 93.7 cm³/mol. The summed E-state index contributed by atoms with van der Waals surface area (Å²) >= 11 is 0. The van der Waals surface area contributed by atoms with E-state index < -0.39 is 0 Å². The molecule has 1 aliphatic rings. The standard InChI is InChI=1S/C17H26N6O/c1-5-14(24)23-7-6-12(9-23)20-16-15-17(19-10-18-16)22(4)13(21-15)8-11(2)3/h10-12H,5-9H2,1-4H3,(H,18,19,20). The third kappa shape index (κ3) is 3.20. The molecule has 1 fully saturated rings. The number of hydrogen-bond donors (Lipinski definition) is 1. The Kier molecular flexibility index (Phi) is 4.69. The highest BCUT2D eigenvalue weighted by Gasteiger charge is 2.26. The molecule has 0 saturated carbocycles. The van der Waals surface area contributed by atoms with Gasteiger partial charge >= 0.3 is 0 Å². The van der Waals surface area contributed by atoms with Crippen LogP contribution in [0.2, 0.25) is 0 Å². The lowest BCUT2D eigenvalue weighted by Gasteiger charge is -2.16. The number of anilines is 1. The predicted octanol–water partition coefficient (Wildman–Crippen LogP) is 1.98. The first-order valence-corrected chi connectivity index (χ1v) is 8.70. The zero-order valence-corrected chi connectivity index (χ0v) is 14.9. The highest BCUT2D eigenvalue weighted by Crippen LogP contribution is 2.23. The van der Waals surface area contributed by atoms with Crippen LogP contribution in [0.3, 0.4) is 0 Å². The number of likely N-dealkylation sites (tertiary alicyclic amines) is 1. The van der Waals surface area contributed by atoms with Gasteiger partial charge in [-0.15, -0.1) is 0 Å². The van der Waals surface area contributed by atoms with Gasteiger partial charge in [-0.1, -0.05) is 20.8 Å². The molecule has 7 nitrogen and oxygen atoms in total.